The largest absolute Gasteiger partial charge is 0.496 e. The molecule has 0 atom stereocenters. The van der Waals surface area contributed by atoms with Crippen molar-refractivity contribution in [3.8, 4) is 5.75 Å². The van der Waals surface area contributed by atoms with Crippen LogP contribution in [-0.4, -0.2) is 33.6 Å². The molecule has 0 bridgehead atoms. The summed E-state index contributed by atoms with van der Waals surface area (Å²) in [5.74, 6) is 1.38. The first-order valence-electron chi connectivity index (χ1n) is 9.92. The molecule has 0 unspecified atom stereocenters. The van der Waals surface area contributed by atoms with Crippen LogP contribution in [0.5, 0.6) is 5.75 Å². The summed E-state index contributed by atoms with van der Waals surface area (Å²) in [5, 5.41) is 6.42. The molecule has 0 aliphatic heterocycles. The van der Waals surface area contributed by atoms with Crippen LogP contribution in [0.15, 0.2) is 58.4 Å². The zero-order valence-electron chi connectivity index (χ0n) is 18.3. The Hall–Kier alpha value is -2.58. The Morgan fingerprint density at radius 2 is 1.63 bits per heavy atom. The lowest BCUT2D eigenvalue weighted by Gasteiger charge is -2.22. The molecule has 0 radical (unpaired) electrons. The number of sulfonamides is 1. The van der Waals surface area contributed by atoms with Gasteiger partial charge in [0.05, 0.1) is 18.6 Å². The lowest BCUT2D eigenvalue weighted by atomic mass is 10.1. The fraction of sp³-hybridized carbons (Fsp3) is 0.409. The fourth-order valence-electron chi connectivity index (χ4n) is 2.89. The normalized spacial score (nSPS) is 12.5. The van der Waals surface area contributed by atoms with Crippen LogP contribution >= 0.6 is 0 Å². The molecule has 0 spiro atoms. The van der Waals surface area contributed by atoms with E-state index in [-0.39, 0.29) is 4.90 Å². The predicted molar refractivity (Wildman–Crippen MR) is 121 cm³/mol. The Balaban J connectivity index is 2.19. The molecule has 8 heteroatoms. The summed E-state index contributed by atoms with van der Waals surface area (Å²) in [6.07, 6.45) is 0. The molecule has 0 saturated heterocycles. The van der Waals surface area contributed by atoms with Gasteiger partial charge < -0.3 is 15.4 Å². The summed E-state index contributed by atoms with van der Waals surface area (Å²) < 4.78 is 33.7. The molecule has 0 amide bonds. The second kappa shape index (κ2) is 10.4. The standard InChI is InChI=1S/C22H32N4O3S/c1-6-23-21(24-15-17-11-7-9-13-19(17)29-5)25-16-18-12-8-10-14-20(18)30(27,28)26-22(2,3)4/h7-14,26H,6,15-16H2,1-5H3,(H2,23,24,25). The molecule has 0 aliphatic rings. The van der Waals surface area contributed by atoms with Crippen molar-refractivity contribution in [1.82, 2.24) is 15.4 Å². The number of rotatable bonds is 8. The molecule has 3 N–H and O–H groups in total. The molecular weight excluding hydrogens is 400 g/mol. The molecule has 0 aromatic heterocycles. The van der Waals surface area contributed by atoms with Crippen molar-refractivity contribution in [2.24, 2.45) is 4.99 Å². The van der Waals surface area contributed by atoms with Crippen LogP contribution in [0.3, 0.4) is 0 Å². The van der Waals surface area contributed by atoms with Crippen molar-refractivity contribution in [2.45, 2.75) is 51.2 Å². The number of benzene rings is 2. The van der Waals surface area contributed by atoms with E-state index in [1.54, 1.807) is 25.3 Å². The van der Waals surface area contributed by atoms with E-state index in [2.05, 4.69) is 20.3 Å². The molecule has 7 nitrogen and oxygen atoms in total. The third kappa shape index (κ3) is 7.03. The minimum absolute atomic E-state index is 0.257. The Bertz CT molecular complexity index is 966. The van der Waals surface area contributed by atoms with Gasteiger partial charge in [0.25, 0.3) is 0 Å². The molecule has 30 heavy (non-hydrogen) atoms. The SMILES string of the molecule is CCNC(=NCc1ccccc1OC)NCc1ccccc1S(=O)(=O)NC(C)(C)C. The lowest BCUT2D eigenvalue weighted by Crippen LogP contribution is -2.41. The van der Waals surface area contributed by atoms with Crippen molar-refractivity contribution in [2.75, 3.05) is 13.7 Å². The van der Waals surface area contributed by atoms with E-state index in [0.29, 0.717) is 31.2 Å². The number of methoxy groups -OCH3 is 1. The maximum Gasteiger partial charge on any atom is 0.241 e. The first kappa shape index (κ1) is 23.7. The molecule has 0 fully saturated rings. The van der Waals surface area contributed by atoms with Crippen LogP contribution < -0.4 is 20.1 Å². The summed E-state index contributed by atoms with van der Waals surface area (Å²) in [6, 6.07) is 14.7. The van der Waals surface area contributed by atoms with Gasteiger partial charge in [0.1, 0.15) is 5.75 Å². The second-order valence-electron chi connectivity index (χ2n) is 7.82. The van der Waals surface area contributed by atoms with Gasteiger partial charge in [-0.1, -0.05) is 36.4 Å². The van der Waals surface area contributed by atoms with Crippen LogP contribution in [0.1, 0.15) is 38.8 Å². The molecule has 2 aromatic carbocycles. The highest BCUT2D eigenvalue weighted by molar-refractivity contribution is 7.89. The van der Waals surface area contributed by atoms with Gasteiger partial charge in [-0.2, -0.15) is 0 Å². The molecular formula is C22H32N4O3S. The highest BCUT2D eigenvalue weighted by atomic mass is 32.2. The van der Waals surface area contributed by atoms with Crippen LogP contribution in [0.4, 0.5) is 0 Å². The van der Waals surface area contributed by atoms with Gasteiger partial charge >= 0.3 is 0 Å². The maximum absolute atomic E-state index is 12.8. The van der Waals surface area contributed by atoms with Crippen molar-refractivity contribution in [3.63, 3.8) is 0 Å². The molecule has 0 aliphatic carbocycles. The fourth-order valence-corrected chi connectivity index (χ4v) is 4.55. The van der Waals surface area contributed by atoms with Crippen LogP contribution in [0.2, 0.25) is 0 Å². The summed E-state index contributed by atoms with van der Waals surface area (Å²) in [5.41, 5.74) is 1.07. The van der Waals surface area contributed by atoms with Crippen molar-refractivity contribution in [3.05, 3.63) is 59.7 Å². The van der Waals surface area contributed by atoms with E-state index < -0.39 is 15.6 Å². The number of hydrogen-bond donors (Lipinski definition) is 3. The van der Waals surface area contributed by atoms with Crippen LogP contribution in [-0.2, 0) is 23.1 Å². The zero-order valence-corrected chi connectivity index (χ0v) is 19.1. The average Bonchev–Trinajstić information content (AvgIpc) is 2.68. The predicted octanol–water partition coefficient (Wildman–Crippen LogP) is 3.03. The molecule has 164 valence electrons. The van der Waals surface area contributed by atoms with Gasteiger partial charge in [-0.05, 0) is 45.4 Å². The Morgan fingerprint density at radius 1 is 1.00 bits per heavy atom. The number of nitrogens with one attached hydrogen (secondary N) is 3. The Labute approximate surface area is 180 Å². The van der Waals surface area contributed by atoms with Gasteiger partial charge in [0.15, 0.2) is 5.96 Å². The molecule has 2 rings (SSSR count). The number of para-hydroxylation sites is 1. The van der Waals surface area contributed by atoms with Crippen molar-refractivity contribution >= 4 is 16.0 Å². The minimum Gasteiger partial charge on any atom is -0.496 e. The van der Waals surface area contributed by atoms with E-state index in [9.17, 15) is 8.42 Å². The first-order chi connectivity index (χ1) is 14.2. The average molecular weight is 433 g/mol. The van der Waals surface area contributed by atoms with Gasteiger partial charge in [0.2, 0.25) is 10.0 Å². The number of guanidine groups is 1. The summed E-state index contributed by atoms with van der Waals surface area (Å²) in [6.45, 7) is 8.87. The van der Waals surface area contributed by atoms with Crippen molar-refractivity contribution in [1.29, 1.82) is 0 Å². The smallest absolute Gasteiger partial charge is 0.241 e. The van der Waals surface area contributed by atoms with Gasteiger partial charge in [0, 0.05) is 24.2 Å². The maximum atomic E-state index is 12.8. The molecule has 0 heterocycles. The second-order valence-corrected chi connectivity index (χ2v) is 9.47. The number of aliphatic imine (C=N–C) groups is 1. The van der Waals surface area contributed by atoms with Crippen LogP contribution in [0.25, 0.3) is 0 Å². The number of hydrogen-bond acceptors (Lipinski definition) is 4. The molecule has 2 aromatic rings. The summed E-state index contributed by atoms with van der Waals surface area (Å²) >= 11 is 0. The van der Waals surface area contributed by atoms with E-state index in [1.165, 1.54) is 0 Å². The number of nitrogens with zero attached hydrogens (tertiary/aromatic N) is 1. The van der Waals surface area contributed by atoms with E-state index in [0.717, 1.165) is 11.3 Å². The quantitative estimate of drug-likeness (QED) is 0.441. The topological polar surface area (TPSA) is 91.8 Å². The van der Waals surface area contributed by atoms with Crippen LogP contribution in [0, 0.1) is 0 Å². The Kier molecular flexibility index (Phi) is 8.25. The Morgan fingerprint density at radius 3 is 2.27 bits per heavy atom. The highest BCUT2D eigenvalue weighted by Crippen LogP contribution is 2.19. The van der Waals surface area contributed by atoms with E-state index in [4.69, 9.17) is 4.74 Å². The molecule has 0 saturated carbocycles. The summed E-state index contributed by atoms with van der Waals surface area (Å²) in [4.78, 5) is 4.87. The third-order valence-electron chi connectivity index (χ3n) is 4.09. The lowest BCUT2D eigenvalue weighted by molar-refractivity contribution is 0.410. The van der Waals surface area contributed by atoms with Crippen molar-refractivity contribution < 1.29 is 13.2 Å². The van der Waals surface area contributed by atoms with Gasteiger partial charge in [-0.3, -0.25) is 0 Å². The third-order valence-corrected chi connectivity index (χ3v) is 5.95. The van der Waals surface area contributed by atoms with E-state index in [1.807, 2.05) is 58.0 Å². The number of ether oxygens (including phenoxy) is 1. The first-order valence-corrected chi connectivity index (χ1v) is 11.4. The highest BCUT2D eigenvalue weighted by Gasteiger charge is 2.24. The zero-order chi connectivity index (χ0) is 22.2. The summed E-state index contributed by atoms with van der Waals surface area (Å²) in [7, 11) is -2.01. The van der Waals surface area contributed by atoms with E-state index >= 15 is 0 Å². The minimum atomic E-state index is -3.64. The monoisotopic (exact) mass is 432 g/mol. The van der Waals surface area contributed by atoms with Gasteiger partial charge in [-0.25, -0.2) is 18.1 Å². The van der Waals surface area contributed by atoms with Gasteiger partial charge in [-0.15, -0.1) is 0 Å².